The van der Waals surface area contributed by atoms with E-state index in [0.717, 1.165) is 11.3 Å². The van der Waals surface area contributed by atoms with Gasteiger partial charge in [-0.15, -0.1) is 0 Å². The summed E-state index contributed by atoms with van der Waals surface area (Å²) in [7, 11) is 0. The summed E-state index contributed by atoms with van der Waals surface area (Å²) in [5, 5.41) is 2.94. The van der Waals surface area contributed by atoms with Crippen molar-refractivity contribution in [3.63, 3.8) is 0 Å². The van der Waals surface area contributed by atoms with E-state index < -0.39 is 0 Å². The van der Waals surface area contributed by atoms with Crippen LogP contribution in [0.4, 0.5) is 4.39 Å². The topological polar surface area (TPSA) is 47.6 Å². The third-order valence-corrected chi connectivity index (χ3v) is 4.57. The molecule has 1 atom stereocenters. The maximum absolute atomic E-state index is 13.8. The van der Waals surface area contributed by atoms with Crippen molar-refractivity contribution in [2.45, 2.75) is 25.8 Å². The molecule has 3 rings (SSSR count). The van der Waals surface area contributed by atoms with Gasteiger partial charge in [-0.2, -0.15) is 0 Å². The Morgan fingerprint density at radius 1 is 1.20 bits per heavy atom. The van der Waals surface area contributed by atoms with Gasteiger partial charge in [0.25, 0.3) is 0 Å². The van der Waals surface area contributed by atoms with E-state index in [1.807, 2.05) is 25.1 Å². The van der Waals surface area contributed by atoms with Gasteiger partial charge in [0.05, 0.1) is 6.04 Å². The molecule has 25 heavy (non-hydrogen) atoms. The summed E-state index contributed by atoms with van der Waals surface area (Å²) in [6.07, 6.45) is 0.590. The van der Waals surface area contributed by atoms with E-state index in [1.54, 1.807) is 12.1 Å². The predicted molar refractivity (Wildman–Crippen MR) is 96.4 cm³/mol. The number of carbonyl (C=O) groups is 1. The molecule has 1 heterocycles. The highest BCUT2D eigenvalue weighted by molar-refractivity contribution is 9.10. The van der Waals surface area contributed by atoms with Crippen LogP contribution < -0.4 is 14.8 Å². The number of ether oxygens (including phenoxy) is 2. The van der Waals surface area contributed by atoms with Crippen LogP contribution in [0.5, 0.6) is 11.5 Å². The lowest BCUT2D eigenvalue weighted by Gasteiger charge is -2.21. The van der Waals surface area contributed by atoms with Crippen LogP contribution in [-0.4, -0.2) is 19.1 Å². The summed E-state index contributed by atoms with van der Waals surface area (Å²) in [5.41, 5.74) is 1.47. The van der Waals surface area contributed by atoms with Crippen LogP contribution >= 0.6 is 15.9 Å². The molecule has 0 fully saturated rings. The number of rotatable bonds is 5. The van der Waals surface area contributed by atoms with E-state index in [4.69, 9.17) is 9.47 Å². The van der Waals surface area contributed by atoms with Gasteiger partial charge in [-0.25, -0.2) is 4.39 Å². The molecule has 1 unspecified atom stereocenters. The Bertz CT molecular complexity index is 781. The Morgan fingerprint density at radius 3 is 2.72 bits per heavy atom. The third-order valence-electron chi connectivity index (χ3n) is 4.08. The highest BCUT2D eigenvalue weighted by atomic mass is 79.9. The van der Waals surface area contributed by atoms with Crippen molar-refractivity contribution in [2.24, 2.45) is 0 Å². The number of halogens is 2. The van der Waals surface area contributed by atoms with Crippen LogP contribution in [0.15, 0.2) is 40.9 Å². The average molecular weight is 408 g/mol. The molecule has 2 aromatic rings. The second-order valence-electron chi connectivity index (χ2n) is 5.93. The molecule has 132 valence electrons. The minimum absolute atomic E-state index is 0.121. The van der Waals surface area contributed by atoms with Crippen molar-refractivity contribution in [3.05, 3.63) is 57.8 Å². The highest BCUT2D eigenvalue weighted by Gasteiger charge is 2.16. The lowest BCUT2D eigenvalue weighted by atomic mass is 10.1. The smallest absolute Gasteiger partial charge is 0.220 e. The molecule has 0 aromatic heterocycles. The summed E-state index contributed by atoms with van der Waals surface area (Å²) in [6.45, 7) is 2.98. The van der Waals surface area contributed by atoms with Gasteiger partial charge in [0.1, 0.15) is 19.0 Å². The summed E-state index contributed by atoms with van der Waals surface area (Å²) in [4.78, 5) is 12.2. The standard InChI is InChI=1S/C19H19BrFNO3/c1-12(14-3-6-17-18(10-14)25-9-8-24-17)22-19(23)7-4-13-2-5-15(20)11-16(13)21/h2-3,5-6,10-12H,4,7-9H2,1H3,(H,22,23). The van der Waals surface area contributed by atoms with Gasteiger partial charge in [0, 0.05) is 10.9 Å². The molecule has 6 heteroatoms. The predicted octanol–water partition coefficient (Wildman–Crippen LogP) is 4.17. The monoisotopic (exact) mass is 407 g/mol. The summed E-state index contributed by atoms with van der Waals surface area (Å²) in [5.74, 6) is 0.993. The summed E-state index contributed by atoms with van der Waals surface area (Å²) < 4.78 is 25.5. The molecular formula is C19H19BrFNO3. The van der Waals surface area contributed by atoms with Crippen molar-refractivity contribution in [2.75, 3.05) is 13.2 Å². The maximum Gasteiger partial charge on any atom is 0.220 e. The first-order valence-electron chi connectivity index (χ1n) is 8.16. The molecule has 1 aliphatic rings. The fourth-order valence-electron chi connectivity index (χ4n) is 2.70. The van der Waals surface area contributed by atoms with Crippen molar-refractivity contribution in [3.8, 4) is 11.5 Å². The van der Waals surface area contributed by atoms with E-state index in [1.165, 1.54) is 6.07 Å². The fraction of sp³-hybridized carbons (Fsp3) is 0.316. The second kappa shape index (κ2) is 7.87. The number of fused-ring (bicyclic) bond motifs is 1. The van der Waals surface area contributed by atoms with Gasteiger partial charge in [0.15, 0.2) is 11.5 Å². The molecule has 0 bridgehead atoms. The van der Waals surface area contributed by atoms with Crippen molar-refractivity contribution in [1.29, 1.82) is 0 Å². The molecule has 0 radical (unpaired) electrons. The number of carbonyl (C=O) groups excluding carboxylic acids is 1. The zero-order chi connectivity index (χ0) is 17.8. The molecule has 2 aromatic carbocycles. The fourth-order valence-corrected chi connectivity index (χ4v) is 3.03. The van der Waals surface area contributed by atoms with E-state index in [-0.39, 0.29) is 24.2 Å². The minimum atomic E-state index is -0.304. The molecule has 1 aliphatic heterocycles. The second-order valence-corrected chi connectivity index (χ2v) is 6.84. The van der Waals surface area contributed by atoms with Gasteiger partial charge in [-0.3, -0.25) is 4.79 Å². The van der Waals surface area contributed by atoms with Gasteiger partial charge in [-0.05, 0) is 48.7 Å². The van der Waals surface area contributed by atoms with Crippen LogP contribution in [0.25, 0.3) is 0 Å². The minimum Gasteiger partial charge on any atom is -0.486 e. The number of nitrogens with one attached hydrogen (secondary N) is 1. The van der Waals surface area contributed by atoms with Crippen molar-refractivity contribution < 1.29 is 18.7 Å². The summed E-state index contributed by atoms with van der Waals surface area (Å²) >= 11 is 3.22. The molecule has 4 nitrogen and oxygen atoms in total. The zero-order valence-corrected chi connectivity index (χ0v) is 15.4. The normalized spacial score (nSPS) is 14.0. The Morgan fingerprint density at radius 2 is 1.96 bits per heavy atom. The lowest BCUT2D eigenvalue weighted by Crippen LogP contribution is -2.27. The van der Waals surface area contributed by atoms with E-state index >= 15 is 0 Å². The molecule has 0 saturated carbocycles. The molecule has 0 spiro atoms. The lowest BCUT2D eigenvalue weighted by molar-refractivity contribution is -0.121. The Labute approximate surface area is 154 Å². The molecular weight excluding hydrogens is 389 g/mol. The molecule has 0 aliphatic carbocycles. The zero-order valence-electron chi connectivity index (χ0n) is 13.9. The quantitative estimate of drug-likeness (QED) is 0.808. The van der Waals surface area contributed by atoms with Crippen LogP contribution in [-0.2, 0) is 11.2 Å². The average Bonchev–Trinajstić information content (AvgIpc) is 2.60. The molecule has 1 N–H and O–H groups in total. The molecule has 1 amide bonds. The van der Waals surface area contributed by atoms with E-state index in [2.05, 4.69) is 21.2 Å². The first-order valence-corrected chi connectivity index (χ1v) is 8.95. The Hall–Kier alpha value is -2.08. The van der Waals surface area contributed by atoms with Crippen molar-refractivity contribution in [1.82, 2.24) is 5.32 Å². The van der Waals surface area contributed by atoms with Gasteiger partial charge < -0.3 is 14.8 Å². The Balaban J connectivity index is 1.57. The van der Waals surface area contributed by atoms with Crippen LogP contribution in [0.2, 0.25) is 0 Å². The Kier molecular flexibility index (Phi) is 5.58. The van der Waals surface area contributed by atoms with Crippen LogP contribution in [0, 0.1) is 5.82 Å². The van der Waals surface area contributed by atoms with Crippen LogP contribution in [0.1, 0.15) is 30.5 Å². The first kappa shape index (κ1) is 17.7. The van der Waals surface area contributed by atoms with Gasteiger partial charge in [0.2, 0.25) is 5.91 Å². The number of hydrogen-bond donors (Lipinski definition) is 1. The number of benzene rings is 2. The maximum atomic E-state index is 13.8. The third kappa shape index (κ3) is 4.51. The van der Waals surface area contributed by atoms with Crippen molar-refractivity contribution >= 4 is 21.8 Å². The van der Waals surface area contributed by atoms with Crippen LogP contribution in [0.3, 0.4) is 0 Å². The van der Waals surface area contributed by atoms with E-state index in [0.29, 0.717) is 35.4 Å². The summed E-state index contributed by atoms with van der Waals surface area (Å²) in [6, 6.07) is 10.3. The van der Waals surface area contributed by atoms with Gasteiger partial charge in [-0.1, -0.05) is 28.1 Å². The largest absolute Gasteiger partial charge is 0.486 e. The SMILES string of the molecule is CC(NC(=O)CCc1ccc(Br)cc1F)c1ccc2c(c1)OCCO2. The van der Waals surface area contributed by atoms with Gasteiger partial charge >= 0.3 is 0 Å². The number of amides is 1. The van der Waals surface area contributed by atoms with E-state index in [9.17, 15) is 9.18 Å². The number of aryl methyl sites for hydroxylation is 1. The number of hydrogen-bond acceptors (Lipinski definition) is 3. The highest BCUT2D eigenvalue weighted by Crippen LogP contribution is 2.32. The molecule has 0 saturated heterocycles. The first-order chi connectivity index (χ1) is 12.0.